The number of anilines is 1. The van der Waals surface area contributed by atoms with Gasteiger partial charge in [0.2, 0.25) is 0 Å². The van der Waals surface area contributed by atoms with Crippen molar-refractivity contribution in [2.45, 2.75) is 59.9 Å². The number of aryl methyl sites for hydroxylation is 1. The Bertz CT molecular complexity index is 603. The highest BCUT2D eigenvalue weighted by Gasteiger charge is 2.37. The van der Waals surface area contributed by atoms with E-state index in [1.54, 1.807) is 0 Å². The summed E-state index contributed by atoms with van der Waals surface area (Å²) in [6, 6.07) is 0.0920. The minimum atomic E-state index is 0.00394. The van der Waals surface area contributed by atoms with Crippen molar-refractivity contribution in [2.75, 3.05) is 24.8 Å². The average molecular weight is 351 g/mol. The number of carbonyl (C=O) groups excluding carboxylic acids is 1. The lowest BCUT2D eigenvalue weighted by molar-refractivity contribution is 0.0524. The molecule has 1 aliphatic rings. The van der Waals surface area contributed by atoms with Gasteiger partial charge in [-0.15, -0.1) is 0 Å². The average Bonchev–Trinajstić information content (AvgIpc) is 2.89. The molecule has 5 nitrogen and oxygen atoms in total. The van der Waals surface area contributed by atoms with Crippen molar-refractivity contribution < 1.29 is 4.79 Å². The summed E-state index contributed by atoms with van der Waals surface area (Å²) < 4.78 is 4.53. The normalized spacial score (nSPS) is 17.3. The molecule has 24 heavy (non-hydrogen) atoms. The van der Waals surface area contributed by atoms with E-state index >= 15 is 0 Å². The first kappa shape index (κ1) is 18.9. The zero-order valence-electron chi connectivity index (χ0n) is 15.8. The quantitative estimate of drug-likeness (QED) is 0.746. The number of urea groups is 1. The first-order valence-corrected chi connectivity index (χ1v) is 9.44. The first-order chi connectivity index (χ1) is 11.3. The fourth-order valence-corrected chi connectivity index (χ4v) is 3.74. The van der Waals surface area contributed by atoms with Gasteiger partial charge in [-0.1, -0.05) is 19.1 Å². The maximum atomic E-state index is 13.0. The highest BCUT2D eigenvalue weighted by atomic mass is 32.1. The molecule has 0 atom stereocenters. The second-order valence-corrected chi connectivity index (χ2v) is 7.99. The van der Waals surface area contributed by atoms with Gasteiger partial charge in [-0.25, -0.2) is 4.79 Å². The van der Waals surface area contributed by atoms with E-state index in [4.69, 9.17) is 0 Å². The van der Waals surface area contributed by atoms with E-state index in [1.165, 1.54) is 11.5 Å². The molecule has 0 spiro atoms. The predicted molar refractivity (Wildman–Crippen MR) is 102 cm³/mol. The lowest BCUT2D eigenvalue weighted by Gasteiger charge is -2.47. The van der Waals surface area contributed by atoms with Gasteiger partial charge in [-0.3, -0.25) is 9.80 Å². The number of aromatic nitrogens is 1. The summed E-state index contributed by atoms with van der Waals surface area (Å²) in [6.45, 7) is 14.8. The molecule has 1 fully saturated rings. The standard InChI is InChI=1S/C18H30N4OS/c1-7-9-10-11-20-12-21(18(4,5)6)13-22(17(20)23)16-14(3)15(8-2)19-24-16/h7,9H,8,10-13H2,1-6H3/b9-7+. The molecule has 1 aromatic rings. The zero-order chi connectivity index (χ0) is 17.9. The molecule has 1 saturated heterocycles. The summed E-state index contributed by atoms with van der Waals surface area (Å²) in [7, 11) is 0. The summed E-state index contributed by atoms with van der Waals surface area (Å²) in [6.07, 6.45) is 5.93. The van der Waals surface area contributed by atoms with Crippen LogP contribution in [0.25, 0.3) is 0 Å². The van der Waals surface area contributed by atoms with Crippen LogP contribution in [-0.2, 0) is 6.42 Å². The van der Waals surface area contributed by atoms with Crippen molar-refractivity contribution in [3.63, 3.8) is 0 Å². The predicted octanol–water partition coefficient (Wildman–Crippen LogP) is 4.24. The summed E-state index contributed by atoms with van der Waals surface area (Å²) in [5.74, 6) is 0. The summed E-state index contributed by atoms with van der Waals surface area (Å²) in [5.41, 5.74) is 2.24. The Balaban J connectivity index is 2.30. The molecule has 1 aromatic heterocycles. The van der Waals surface area contributed by atoms with Gasteiger partial charge in [-0.05, 0) is 59.0 Å². The Morgan fingerprint density at radius 3 is 2.54 bits per heavy atom. The van der Waals surface area contributed by atoms with Gasteiger partial charge in [0.1, 0.15) is 5.00 Å². The molecule has 0 aliphatic carbocycles. The Kier molecular flexibility index (Phi) is 6.04. The van der Waals surface area contributed by atoms with Crippen LogP contribution in [0.2, 0.25) is 0 Å². The number of amides is 2. The smallest absolute Gasteiger partial charge is 0.311 e. The molecule has 2 rings (SSSR count). The van der Waals surface area contributed by atoms with Crippen molar-refractivity contribution in [2.24, 2.45) is 0 Å². The molecule has 0 unspecified atom stereocenters. The van der Waals surface area contributed by atoms with Gasteiger partial charge >= 0.3 is 6.03 Å². The maximum absolute atomic E-state index is 13.0. The molecule has 0 radical (unpaired) electrons. The molecule has 0 saturated carbocycles. The third-order valence-corrected chi connectivity index (χ3v) is 5.49. The summed E-state index contributed by atoms with van der Waals surface area (Å²) in [4.78, 5) is 19.2. The van der Waals surface area contributed by atoms with Crippen LogP contribution >= 0.6 is 11.5 Å². The van der Waals surface area contributed by atoms with Gasteiger partial charge in [0.25, 0.3) is 0 Å². The van der Waals surface area contributed by atoms with Crippen LogP contribution < -0.4 is 4.90 Å². The van der Waals surface area contributed by atoms with Gasteiger partial charge < -0.3 is 4.90 Å². The lowest BCUT2D eigenvalue weighted by Crippen LogP contribution is -2.62. The van der Waals surface area contributed by atoms with Crippen molar-refractivity contribution in [1.29, 1.82) is 0 Å². The molecule has 2 amide bonds. The summed E-state index contributed by atoms with van der Waals surface area (Å²) in [5, 5.41) is 0.988. The SMILES string of the molecule is C/C=C/CCN1CN(C(C)(C)C)CN(c2snc(CC)c2C)C1=O. The lowest BCUT2D eigenvalue weighted by atomic mass is 10.1. The minimum Gasteiger partial charge on any atom is -0.311 e. The molecule has 0 bridgehead atoms. The molecular formula is C18H30N4OS. The van der Waals surface area contributed by atoms with Crippen LogP contribution in [0, 0.1) is 6.92 Å². The Morgan fingerprint density at radius 1 is 1.29 bits per heavy atom. The van der Waals surface area contributed by atoms with Crippen LogP contribution in [0.5, 0.6) is 0 Å². The first-order valence-electron chi connectivity index (χ1n) is 8.67. The third-order valence-electron chi connectivity index (χ3n) is 4.48. The third kappa shape index (κ3) is 3.98. The maximum Gasteiger partial charge on any atom is 0.327 e. The molecule has 0 aromatic carbocycles. The molecule has 134 valence electrons. The second-order valence-electron chi connectivity index (χ2n) is 7.24. The molecular weight excluding hydrogens is 320 g/mol. The Morgan fingerprint density at radius 2 is 2.00 bits per heavy atom. The largest absolute Gasteiger partial charge is 0.327 e. The van der Waals surface area contributed by atoms with Gasteiger partial charge in [-0.2, -0.15) is 4.37 Å². The number of hydrogen-bond acceptors (Lipinski definition) is 4. The van der Waals surface area contributed by atoms with Crippen molar-refractivity contribution in [3.05, 3.63) is 23.4 Å². The van der Waals surface area contributed by atoms with Gasteiger partial charge in [0.05, 0.1) is 19.0 Å². The van der Waals surface area contributed by atoms with E-state index in [-0.39, 0.29) is 11.6 Å². The second kappa shape index (κ2) is 7.66. The number of allylic oxidation sites excluding steroid dienone is 1. The fourth-order valence-electron chi connectivity index (χ4n) is 2.79. The van der Waals surface area contributed by atoms with Crippen LogP contribution in [-0.4, -0.2) is 45.6 Å². The Hall–Kier alpha value is -1.40. The van der Waals surface area contributed by atoms with E-state index in [0.29, 0.717) is 13.3 Å². The minimum absolute atomic E-state index is 0.00394. The number of hydrogen-bond donors (Lipinski definition) is 0. The van der Waals surface area contributed by atoms with Crippen LogP contribution in [0.15, 0.2) is 12.2 Å². The zero-order valence-corrected chi connectivity index (χ0v) is 16.6. The van der Waals surface area contributed by atoms with Gasteiger partial charge in [0.15, 0.2) is 0 Å². The van der Waals surface area contributed by atoms with E-state index in [2.05, 4.69) is 50.0 Å². The highest BCUT2D eigenvalue weighted by molar-refractivity contribution is 7.10. The van der Waals surface area contributed by atoms with E-state index < -0.39 is 0 Å². The highest BCUT2D eigenvalue weighted by Crippen LogP contribution is 2.32. The van der Waals surface area contributed by atoms with Crippen molar-refractivity contribution >= 4 is 22.6 Å². The number of carbonyl (C=O) groups is 1. The number of rotatable bonds is 5. The van der Waals surface area contributed by atoms with Crippen molar-refractivity contribution in [3.8, 4) is 0 Å². The monoisotopic (exact) mass is 350 g/mol. The van der Waals surface area contributed by atoms with Gasteiger partial charge in [0, 0.05) is 17.6 Å². The van der Waals surface area contributed by atoms with Crippen molar-refractivity contribution in [1.82, 2.24) is 14.2 Å². The molecule has 6 heteroatoms. The van der Waals surface area contributed by atoms with E-state index in [9.17, 15) is 4.79 Å². The molecule has 0 N–H and O–H groups in total. The summed E-state index contributed by atoms with van der Waals surface area (Å²) >= 11 is 1.44. The Labute approximate surface area is 150 Å². The number of nitrogens with zero attached hydrogens (tertiary/aromatic N) is 4. The molecule has 1 aliphatic heterocycles. The van der Waals surface area contributed by atoms with Crippen LogP contribution in [0.4, 0.5) is 9.80 Å². The van der Waals surface area contributed by atoms with E-state index in [1.807, 2.05) is 22.8 Å². The fraction of sp³-hybridized carbons (Fsp3) is 0.667. The topological polar surface area (TPSA) is 39.7 Å². The van der Waals surface area contributed by atoms with Crippen LogP contribution in [0.1, 0.15) is 52.3 Å². The molecule has 2 heterocycles. The van der Waals surface area contributed by atoms with Crippen LogP contribution in [0.3, 0.4) is 0 Å². The van der Waals surface area contributed by atoms with E-state index in [0.717, 1.165) is 35.6 Å².